The number of rotatable bonds is 0. The van der Waals surface area contributed by atoms with Crippen molar-refractivity contribution in [3.63, 3.8) is 0 Å². The molecule has 1 aliphatic heterocycles. The molecule has 2 nitrogen and oxygen atoms in total. The van der Waals surface area contributed by atoms with E-state index in [1.165, 1.54) is 11.3 Å². The molecule has 11 heavy (non-hydrogen) atoms. The Balaban J connectivity index is 2.83. The van der Waals surface area contributed by atoms with Crippen molar-refractivity contribution in [3.05, 3.63) is 23.0 Å². The van der Waals surface area contributed by atoms with Crippen molar-refractivity contribution in [2.75, 3.05) is 6.54 Å². The number of nitrogens with zero attached hydrogens (tertiary/aromatic N) is 1. The highest BCUT2D eigenvalue weighted by Gasteiger charge is 1.96. The number of aliphatic imine (C=N–C) groups is 1. The molecule has 0 aromatic carbocycles. The maximum absolute atomic E-state index is 4.25. The van der Waals surface area contributed by atoms with Gasteiger partial charge in [-0.2, -0.15) is 0 Å². The number of nitrogens with one attached hydrogen (secondary N) is 1. The molecule has 0 aromatic heterocycles. The van der Waals surface area contributed by atoms with E-state index < -0.39 is 0 Å². The summed E-state index contributed by atoms with van der Waals surface area (Å²) >= 11 is 0. The highest BCUT2D eigenvalue weighted by molar-refractivity contribution is 5.77. The molecular formula is C9H14N2. The minimum absolute atomic E-state index is 0.810. The molecule has 0 radical (unpaired) electrons. The minimum Gasteiger partial charge on any atom is -0.365 e. The molecule has 0 atom stereocenters. The third-order valence-corrected chi connectivity index (χ3v) is 1.78. The van der Waals surface area contributed by atoms with Gasteiger partial charge in [0.1, 0.15) is 0 Å². The smallest absolute Gasteiger partial charge is 0.0616 e. The van der Waals surface area contributed by atoms with E-state index in [9.17, 15) is 0 Å². The third-order valence-electron chi connectivity index (χ3n) is 1.78. The van der Waals surface area contributed by atoms with Crippen LogP contribution in [0.4, 0.5) is 0 Å². The summed E-state index contributed by atoms with van der Waals surface area (Å²) in [6.07, 6.45) is 3.87. The van der Waals surface area contributed by atoms with E-state index in [4.69, 9.17) is 0 Å². The molecule has 0 bridgehead atoms. The normalized spacial score (nSPS) is 25.2. The van der Waals surface area contributed by atoms with Gasteiger partial charge in [-0.15, -0.1) is 0 Å². The number of hydrogen-bond donors (Lipinski definition) is 1. The lowest BCUT2D eigenvalue weighted by Crippen LogP contribution is -2.08. The summed E-state index contributed by atoms with van der Waals surface area (Å²) in [7, 11) is 0. The summed E-state index contributed by atoms with van der Waals surface area (Å²) in [6, 6.07) is 0. The summed E-state index contributed by atoms with van der Waals surface area (Å²) in [4.78, 5) is 4.25. The summed E-state index contributed by atoms with van der Waals surface area (Å²) in [6.45, 7) is 7.00. The monoisotopic (exact) mass is 150 g/mol. The second kappa shape index (κ2) is 3.37. The lowest BCUT2D eigenvalue weighted by molar-refractivity contribution is 0.965. The van der Waals surface area contributed by atoms with Crippen LogP contribution in [0.1, 0.15) is 20.8 Å². The first-order valence-electron chi connectivity index (χ1n) is 3.79. The first kappa shape index (κ1) is 8.05. The summed E-state index contributed by atoms with van der Waals surface area (Å²) in [5.41, 5.74) is 3.67. The van der Waals surface area contributed by atoms with Crippen LogP contribution < -0.4 is 5.32 Å². The Kier molecular flexibility index (Phi) is 2.47. The van der Waals surface area contributed by atoms with Gasteiger partial charge < -0.3 is 5.32 Å². The maximum Gasteiger partial charge on any atom is 0.0616 e. The van der Waals surface area contributed by atoms with Gasteiger partial charge >= 0.3 is 0 Å². The van der Waals surface area contributed by atoms with Crippen molar-refractivity contribution in [1.29, 1.82) is 0 Å². The fourth-order valence-corrected chi connectivity index (χ4v) is 0.828. The second-order valence-electron chi connectivity index (χ2n) is 2.91. The molecule has 0 amide bonds. The summed E-state index contributed by atoms with van der Waals surface area (Å²) in [5, 5.41) is 3.21. The Labute approximate surface area is 67.7 Å². The second-order valence-corrected chi connectivity index (χ2v) is 2.91. The lowest BCUT2D eigenvalue weighted by atomic mass is 10.2. The van der Waals surface area contributed by atoms with Crippen LogP contribution in [0.2, 0.25) is 0 Å². The van der Waals surface area contributed by atoms with Crippen LogP contribution in [0.3, 0.4) is 0 Å². The van der Waals surface area contributed by atoms with E-state index in [-0.39, 0.29) is 0 Å². The Hall–Kier alpha value is -1.05. The predicted molar refractivity (Wildman–Crippen MR) is 48.6 cm³/mol. The summed E-state index contributed by atoms with van der Waals surface area (Å²) < 4.78 is 0. The van der Waals surface area contributed by atoms with Gasteiger partial charge in [0.05, 0.1) is 6.54 Å². The van der Waals surface area contributed by atoms with Crippen LogP contribution >= 0.6 is 0 Å². The molecule has 1 rings (SSSR count). The molecule has 0 aromatic rings. The van der Waals surface area contributed by atoms with Crippen molar-refractivity contribution < 1.29 is 0 Å². The highest BCUT2D eigenvalue weighted by atomic mass is 14.9. The van der Waals surface area contributed by atoms with Crippen LogP contribution in [-0.2, 0) is 0 Å². The number of allylic oxidation sites excluding steroid dienone is 2. The van der Waals surface area contributed by atoms with Gasteiger partial charge in [0.2, 0.25) is 0 Å². The standard InChI is InChI=1S/C9H14N2/c1-7-4-10-6-8(2)9(3)11-5-7/h4-5,11H,6H2,1-3H3/b7-5?,9-8+,10-4?. The fraction of sp³-hybridized carbons (Fsp3) is 0.444. The average molecular weight is 150 g/mol. The van der Waals surface area contributed by atoms with Crippen LogP contribution in [0, 0.1) is 0 Å². The zero-order valence-electron chi connectivity index (χ0n) is 7.31. The van der Waals surface area contributed by atoms with Crippen molar-refractivity contribution in [1.82, 2.24) is 5.32 Å². The van der Waals surface area contributed by atoms with Crippen molar-refractivity contribution >= 4 is 6.21 Å². The zero-order valence-corrected chi connectivity index (χ0v) is 7.31. The number of hydrogen-bond acceptors (Lipinski definition) is 2. The van der Waals surface area contributed by atoms with Gasteiger partial charge in [-0.1, -0.05) is 0 Å². The molecule has 1 aliphatic rings. The van der Waals surface area contributed by atoms with Gasteiger partial charge in [-0.25, -0.2) is 0 Å². The van der Waals surface area contributed by atoms with Crippen LogP contribution in [0.15, 0.2) is 28.0 Å². The average Bonchev–Trinajstić information content (AvgIpc) is 1.98. The molecule has 1 N–H and O–H groups in total. The molecule has 0 unspecified atom stereocenters. The topological polar surface area (TPSA) is 24.4 Å². The molecule has 0 fully saturated rings. The van der Waals surface area contributed by atoms with Gasteiger partial charge in [0.15, 0.2) is 0 Å². The van der Waals surface area contributed by atoms with E-state index >= 15 is 0 Å². The van der Waals surface area contributed by atoms with Crippen LogP contribution in [0.5, 0.6) is 0 Å². The molecular weight excluding hydrogens is 136 g/mol. The zero-order chi connectivity index (χ0) is 8.27. The van der Waals surface area contributed by atoms with Crippen molar-refractivity contribution in [2.24, 2.45) is 4.99 Å². The predicted octanol–water partition coefficient (Wildman–Crippen LogP) is 1.86. The van der Waals surface area contributed by atoms with E-state index in [1.807, 2.05) is 19.3 Å². The quantitative estimate of drug-likeness (QED) is 0.560. The van der Waals surface area contributed by atoms with E-state index in [0.717, 1.165) is 12.1 Å². The largest absolute Gasteiger partial charge is 0.365 e. The Morgan fingerprint density at radius 3 is 2.82 bits per heavy atom. The lowest BCUT2D eigenvalue weighted by Gasteiger charge is -2.08. The molecule has 60 valence electrons. The Bertz CT molecular complexity index is 234. The van der Waals surface area contributed by atoms with Gasteiger partial charge in [-0.3, -0.25) is 4.99 Å². The molecule has 0 saturated carbocycles. The third kappa shape index (κ3) is 2.22. The first-order valence-corrected chi connectivity index (χ1v) is 3.79. The van der Waals surface area contributed by atoms with Crippen LogP contribution in [0.25, 0.3) is 0 Å². The molecule has 0 aliphatic carbocycles. The van der Waals surface area contributed by atoms with Crippen LogP contribution in [-0.4, -0.2) is 12.8 Å². The molecule has 0 spiro atoms. The van der Waals surface area contributed by atoms with E-state index in [0.29, 0.717) is 0 Å². The van der Waals surface area contributed by atoms with E-state index in [1.54, 1.807) is 0 Å². The highest BCUT2D eigenvalue weighted by Crippen LogP contribution is 2.03. The van der Waals surface area contributed by atoms with Gasteiger partial charge in [-0.05, 0) is 31.9 Å². The maximum atomic E-state index is 4.25. The van der Waals surface area contributed by atoms with E-state index in [2.05, 4.69) is 24.2 Å². The summed E-state index contributed by atoms with van der Waals surface area (Å²) in [5.74, 6) is 0. The van der Waals surface area contributed by atoms with Gasteiger partial charge in [0, 0.05) is 18.1 Å². The Morgan fingerprint density at radius 2 is 2.09 bits per heavy atom. The molecule has 1 heterocycles. The fourth-order valence-electron chi connectivity index (χ4n) is 0.828. The van der Waals surface area contributed by atoms with Gasteiger partial charge in [0.25, 0.3) is 0 Å². The Morgan fingerprint density at radius 1 is 1.36 bits per heavy atom. The molecule has 2 heteroatoms. The molecule has 0 saturated heterocycles. The van der Waals surface area contributed by atoms with Crippen molar-refractivity contribution in [3.8, 4) is 0 Å². The minimum atomic E-state index is 0.810. The first-order chi connectivity index (χ1) is 5.20. The van der Waals surface area contributed by atoms with Crippen molar-refractivity contribution in [2.45, 2.75) is 20.8 Å². The SMILES string of the molecule is CC1=CN/C(C)=C(\C)CN=C1.